The Balaban J connectivity index is 2.12. The minimum Gasteiger partial charge on any atom is -0.381 e. The number of nitrogens with zero attached hydrogens (tertiary/aromatic N) is 1. The summed E-state index contributed by atoms with van der Waals surface area (Å²) in [6.45, 7) is 4.36. The summed E-state index contributed by atoms with van der Waals surface area (Å²) < 4.78 is 26.6. The van der Waals surface area contributed by atoms with Crippen molar-refractivity contribution < 1.29 is 8.78 Å². The SMILES string of the molecule is CC1CCC(Nc2nc(N)c(F)cc2F)C(C)C1. The fraction of sp³-hybridized carbons (Fsp3) is 0.615. The van der Waals surface area contributed by atoms with Gasteiger partial charge >= 0.3 is 0 Å². The summed E-state index contributed by atoms with van der Waals surface area (Å²) in [6.07, 6.45) is 3.19. The van der Waals surface area contributed by atoms with Gasteiger partial charge in [-0.2, -0.15) is 0 Å². The summed E-state index contributed by atoms with van der Waals surface area (Å²) >= 11 is 0. The van der Waals surface area contributed by atoms with Crippen molar-refractivity contribution in [1.29, 1.82) is 0 Å². The van der Waals surface area contributed by atoms with Crippen LogP contribution in [0.25, 0.3) is 0 Å². The molecule has 1 aromatic heterocycles. The third-order valence-corrected chi connectivity index (χ3v) is 3.71. The van der Waals surface area contributed by atoms with Crippen LogP contribution in [0.2, 0.25) is 0 Å². The lowest BCUT2D eigenvalue weighted by Gasteiger charge is -2.33. The minimum absolute atomic E-state index is 0.0558. The Morgan fingerprint density at radius 2 is 2.00 bits per heavy atom. The molecule has 3 unspecified atom stereocenters. The number of nitrogens with two attached hydrogens (primary N) is 1. The van der Waals surface area contributed by atoms with Crippen molar-refractivity contribution in [1.82, 2.24) is 4.98 Å². The molecule has 0 radical (unpaired) electrons. The van der Waals surface area contributed by atoms with Crippen LogP contribution in [0.5, 0.6) is 0 Å². The molecule has 1 saturated carbocycles. The van der Waals surface area contributed by atoms with Gasteiger partial charge < -0.3 is 11.1 Å². The molecule has 1 aromatic rings. The normalized spacial score (nSPS) is 28.1. The molecule has 2 rings (SSSR count). The molecule has 0 aliphatic heterocycles. The zero-order chi connectivity index (χ0) is 13.3. The molecule has 0 bridgehead atoms. The predicted molar refractivity (Wildman–Crippen MR) is 68.2 cm³/mol. The van der Waals surface area contributed by atoms with Gasteiger partial charge in [-0.3, -0.25) is 0 Å². The van der Waals surface area contributed by atoms with E-state index < -0.39 is 11.6 Å². The second-order valence-corrected chi connectivity index (χ2v) is 5.33. The Bertz CT molecular complexity index is 436. The summed E-state index contributed by atoms with van der Waals surface area (Å²) in [5.74, 6) is -0.567. The number of hydrogen-bond acceptors (Lipinski definition) is 3. The van der Waals surface area contributed by atoms with Crippen LogP contribution < -0.4 is 11.1 Å². The molecule has 0 amide bonds. The van der Waals surface area contributed by atoms with Gasteiger partial charge in [-0.05, 0) is 31.1 Å². The largest absolute Gasteiger partial charge is 0.381 e. The second kappa shape index (κ2) is 5.08. The highest BCUT2D eigenvalue weighted by atomic mass is 19.1. The molecule has 3 N–H and O–H groups in total. The minimum atomic E-state index is -0.816. The number of hydrogen-bond donors (Lipinski definition) is 2. The molecule has 18 heavy (non-hydrogen) atoms. The van der Waals surface area contributed by atoms with Crippen molar-refractivity contribution in [2.75, 3.05) is 11.1 Å². The third kappa shape index (κ3) is 2.71. The molecule has 0 saturated heterocycles. The van der Waals surface area contributed by atoms with Gasteiger partial charge in [0.15, 0.2) is 23.3 Å². The van der Waals surface area contributed by atoms with Crippen LogP contribution in [-0.4, -0.2) is 11.0 Å². The molecular weight excluding hydrogens is 236 g/mol. The first-order valence-corrected chi connectivity index (χ1v) is 6.35. The van der Waals surface area contributed by atoms with Gasteiger partial charge in [0.25, 0.3) is 0 Å². The van der Waals surface area contributed by atoms with E-state index in [1.54, 1.807) is 0 Å². The first-order chi connectivity index (χ1) is 8.47. The maximum atomic E-state index is 13.6. The maximum absolute atomic E-state index is 13.6. The number of rotatable bonds is 2. The molecule has 1 aliphatic rings. The van der Waals surface area contributed by atoms with Gasteiger partial charge in [-0.25, -0.2) is 13.8 Å². The van der Waals surface area contributed by atoms with Crippen molar-refractivity contribution in [3.05, 3.63) is 17.7 Å². The van der Waals surface area contributed by atoms with E-state index in [9.17, 15) is 8.78 Å². The predicted octanol–water partition coefficient (Wildman–Crippen LogP) is 3.18. The summed E-state index contributed by atoms with van der Waals surface area (Å²) in [6, 6.07) is 0.953. The van der Waals surface area contributed by atoms with Gasteiger partial charge in [-0.15, -0.1) is 0 Å². The van der Waals surface area contributed by atoms with Crippen molar-refractivity contribution >= 4 is 11.6 Å². The lowest BCUT2D eigenvalue weighted by molar-refractivity contribution is 0.275. The molecule has 3 nitrogen and oxygen atoms in total. The fourth-order valence-electron chi connectivity index (χ4n) is 2.64. The number of aromatic nitrogens is 1. The Labute approximate surface area is 106 Å². The van der Waals surface area contributed by atoms with Crippen molar-refractivity contribution in [2.45, 2.75) is 39.2 Å². The van der Waals surface area contributed by atoms with Crippen LogP contribution in [-0.2, 0) is 0 Å². The number of nitrogens with one attached hydrogen (secondary N) is 1. The molecule has 0 spiro atoms. The van der Waals surface area contributed by atoms with Gasteiger partial charge in [0.1, 0.15) is 0 Å². The van der Waals surface area contributed by atoms with Gasteiger partial charge in [0, 0.05) is 12.1 Å². The molecule has 3 atom stereocenters. The fourth-order valence-corrected chi connectivity index (χ4v) is 2.64. The van der Waals surface area contributed by atoms with E-state index in [2.05, 4.69) is 24.1 Å². The van der Waals surface area contributed by atoms with Crippen LogP contribution in [0.1, 0.15) is 33.1 Å². The Morgan fingerprint density at radius 1 is 1.28 bits per heavy atom. The number of anilines is 2. The van der Waals surface area contributed by atoms with E-state index >= 15 is 0 Å². The standard InChI is InChI=1S/C13H19F2N3/c1-7-3-4-11(8(2)5-7)17-13-10(15)6-9(14)12(16)18-13/h6-8,11H,3-5H2,1-2H3,(H3,16,17,18). The monoisotopic (exact) mass is 255 g/mol. The van der Waals surface area contributed by atoms with Crippen LogP contribution in [0.3, 0.4) is 0 Å². The maximum Gasteiger partial charge on any atom is 0.168 e. The molecule has 1 heterocycles. The molecule has 1 fully saturated rings. The van der Waals surface area contributed by atoms with E-state index in [-0.39, 0.29) is 17.7 Å². The topological polar surface area (TPSA) is 50.9 Å². The van der Waals surface area contributed by atoms with Crippen molar-refractivity contribution in [3.8, 4) is 0 Å². The summed E-state index contributed by atoms with van der Waals surface area (Å²) in [5.41, 5.74) is 5.36. The molecular formula is C13H19F2N3. The summed E-state index contributed by atoms with van der Waals surface area (Å²) in [7, 11) is 0. The van der Waals surface area contributed by atoms with Crippen molar-refractivity contribution in [2.24, 2.45) is 11.8 Å². The van der Waals surface area contributed by atoms with E-state index in [4.69, 9.17) is 5.73 Å². The highest BCUT2D eigenvalue weighted by molar-refractivity contribution is 5.45. The Kier molecular flexibility index (Phi) is 3.68. The van der Waals surface area contributed by atoms with E-state index in [1.807, 2.05) is 0 Å². The molecule has 1 aliphatic carbocycles. The third-order valence-electron chi connectivity index (χ3n) is 3.71. The van der Waals surface area contributed by atoms with Crippen molar-refractivity contribution in [3.63, 3.8) is 0 Å². The van der Waals surface area contributed by atoms with Crippen LogP contribution in [0.4, 0.5) is 20.4 Å². The van der Waals surface area contributed by atoms with Crippen LogP contribution >= 0.6 is 0 Å². The quantitative estimate of drug-likeness (QED) is 0.853. The van der Waals surface area contributed by atoms with Gasteiger partial charge in [0.2, 0.25) is 0 Å². The average molecular weight is 255 g/mol. The first kappa shape index (κ1) is 13.1. The van der Waals surface area contributed by atoms with Crippen LogP contribution in [0, 0.1) is 23.5 Å². The lowest BCUT2D eigenvalue weighted by atomic mass is 9.80. The van der Waals surface area contributed by atoms with Gasteiger partial charge in [-0.1, -0.05) is 13.8 Å². The molecule has 100 valence electrons. The average Bonchev–Trinajstić information content (AvgIpc) is 2.29. The number of pyridine rings is 1. The lowest BCUT2D eigenvalue weighted by Crippen LogP contribution is -2.33. The van der Waals surface area contributed by atoms with E-state index in [0.717, 1.165) is 25.3 Å². The second-order valence-electron chi connectivity index (χ2n) is 5.33. The number of nitrogen functional groups attached to an aromatic ring is 1. The smallest absolute Gasteiger partial charge is 0.168 e. The van der Waals surface area contributed by atoms with Crippen LogP contribution in [0.15, 0.2) is 6.07 Å². The molecule has 0 aromatic carbocycles. The summed E-state index contributed by atoms with van der Waals surface area (Å²) in [5, 5.41) is 3.05. The first-order valence-electron chi connectivity index (χ1n) is 6.35. The number of halogens is 2. The van der Waals surface area contributed by atoms with Gasteiger partial charge in [0.05, 0.1) is 0 Å². The zero-order valence-corrected chi connectivity index (χ0v) is 10.7. The van der Waals surface area contributed by atoms with E-state index in [0.29, 0.717) is 11.8 Å². The highest BCUT2D eigenvalue weighted by Crippen LogP contribution is 2.31. The Hall–Kier alpha value is -1.39. The highest BCUT2D eigenvalue weighted by Gasteiger charge is 2.26. The zero-order valence-electron chi connectivity index (χ0n) is 10.7. The summed E-state index contributed by atoms with van der Waals surface area (Å²) in [4.78, 5) is 3.74. The Morgan fingerprint density at radius 3 is 2.67 bits per heavy atom. The van der Waals surface area contributed by atoms with E-state index in [1.165, 1.54) is 0 Å². The molecule has 5 heteroatoms.